The quantitative estimate of drug-likeness (QED) is 0.483. The van der Waals surface area contributed by atoms with Crippen LogP contribution in [-0.2, 0) is 9.59 Å². The van der Waals surface area contributed by atoms with Gasteiger partial charge in [-0.3, -0.25) is 14.5 Å². The second-order valence-electron chi connectivity index (χ2n) is 5.94. The molecule has 2 amide bonds. The lowest BCUT2D eigenvalue weighted by molar-refractivity contribution is -0.122. The molecule has 1 aliphatic heterocycles. The summed E-state index contributed by atoms with van der Waals surface area (Å²) in [7, 11) is 0. The van der Waals surface area contributed by atoms with E-state index in [0.717, 1.165) is 0 Å². The van der Waals surface area contributed by atoms with Crippen molar-refractivity contribution in [1.82, 2.24) is 15.2 Å². The van der Waals surface area contributed by atoms with E-state index in [1.54, 1.807) is 42.7 Å². The maximum Gasteiger partial charge on any atom is 0.266 e. The van der Waals surface area contributed by atoms with Gasteiger partial charge in [0.05, 0.1) is 16.9 Å². The molecule has 3 heterocycles. The Morgan fingerprint density at radius 1 is 1.29 bits per heavy atom. The van der Waals surface area contributed by atoms with Crippen LogP contribution in [0.4, 0.5) is 5.69 Å². The van der Waals surface area contributed by atoms with Crippen LogP contribution in [0.2, 0.25) is 0 Å². The van der Waals surface area contributed by atoms with Crippen molar-refractivity contribution in [3.05, 3.63) is 47.3 Å². The van der Waals surface area contributed by atoms with E-state index in [4.69, 9.17) is 16.6 Å². The van der Waals surface area contributed by atoms with Crippen molar-refractivity contribution >= 4 is 62.9 Å². The van der Waals surface area contributed by atoms with Gasteiger partial charge in [-0.25, -0.2) is 4.63 Å². The summed E-state index contributed by atoms with van der Waals surface area (Å²) in [5.41, 5.74) is 1.60. The van der Waals surface area contributed by atoms with E-state index in [2.05, 4.69) is 20.3 Å². The van der Waals surface area contributed by atoms with E-state index in [9.17, 15) is 9.59 Å². The summed E-state index contributed by atoms with van der Waals surface area (Å²) in [6, 6.07) is 8.75. The molecular formula is C18H14N4O4S2. The molecule has 0 spiro atoms. The number of nitrogens with one attached hydrogen (secondary N) is 1. The molecule has 3 aromatic rings. The van der Waals surface area contributed by atoms with Gasteiger partial charge in [-0.05, 0) is 41.0 Å². The largest absolute Gasteiger partial charge is 0.465 e. The lowest BCUT2D eigenvalue weighted by Gasteiger charge is -2.14. The van der Waals surface area contributed by atoms with Crippen LogP contribution < -0.4 is 5.32 Å². The van der Waals surface area contributed by atoms with Crippen LogP contribution in [0, 0.1) is 0 Å². The summed E-state index contributed by atoms with van der Waals surface area (Å²) in [6.07, 6.45) is 3.91. The first-order valence-corrected chi connectivity index (χ1v) is 9.64. The van der Waals surface area contributed by atoms with Gasteiger partial charge >= 0.3 is 0 Å². The van der Waals surface area contributed by atoms with E-state index in [1.807, 2.05) is 0 Å². The van der Waals surface area contributed by atoms with Gasteiger partial charge in [-0.2, -0.15) is 0 Å². The number of thioether (sulfide) groups is 1. The van der Waals surface area contributed by atoms with Crippen molar-refractivity contribution in [1.29, 1.82) is 0 Å². The highest BCUT2D eigenvalue weighted by atomic mass is 32.2. The molecular weight excluding hydrogens is 400 g/mol. The average Bonchev–Trinajstić information content (AvgIpc) is 3.40. The predicted octanol–water partition coefficient (Wildman–Crippen LogP) is 3.44. The number of hydrogen-bond donors (Lipinski definition) is 1. The van der Waals surface area contributed by atoms with Crippen LogP contribution in [-0.4, -0.2) is 37.9 Å². The van der Waals surface area contributed by atoms with Crippen LogP contribution in [0.15, 0.2) is 50.5 Å². The lowest BCUT2D eigenvalue weighted by Crippen LogP contribution is -2.29. The topological polar surface area (TPSA) is 101 Å². The highest BCUT2D eigenvalue weighted by molar-refractivity contribution is 8.26. The van der Waals surface area contributed by atoms with Crippen LogP contribution in [0.5, 0.6) is 0 Å². The molecule has 2 aromatic heterocycles. The monoisotopic (exact) mass is 414 g/mol. The lowest BCUT2D eigenvalue weighted by atomic mass is 10.2. The number of amides is 2. The summed E-state index contributed by atoms with van der Waals surface area (Å²) in [5.74, 6) is 0.230. The third kappa shape index (κ3) is 3.82. The number of carbonyl (C=O) groups is 2. The van der Waals surface area contributed by atoms with E-state index < -0.39 is 0 Å². The minimum Gasteiger partial charge on any atom is -0.465 e. The molecule has 4 rings (SSSR count). The first-order chi connectivity index (χ1) is 13.6. The van der Waals surface area contributed by atoms with Crippen molar-refractivity contribution in [3.63, 3.8) is 0 Å². The molecule has 0 radical (unpaired) electrons. The van der Waals surface area contributed by atoms with Crippen molar-refractivity contribution in [2.24, 2.45) is 0 Å². The fraction of sp³-hybridized carbons (Fsp3) is 0.167. The second kappa shape index (κ2) is 7.95. The Morgan fingerprint density at radius 2 is 2.18 bits per heavy atom. The first kappa shape index (κ1) is 18.4. The summed E-state index contributed by atoms with van der Waals surface area (Å²) in [5, 5.41) is 10.3. The van der Waals surface area contributed by atoms with Gasteiger partial charge in [0.15, 0.2) is 5.52 Å². The Labute approximate surface area is 168 Å². The zero-order valence-electron chi connectivity index (χ0n) is 14.5. The standard InChI is InChI=1S/C18H14N4O4S2/c23-15(19-12-5-1-6-13-16(12)21-26-20-13)7-2-8-22-17(24)14(28-18(22)27)10-11-4-3-9-25-11/h1,3-6,9-10H,2,7-8H2,(H,19,23)/b14-10+. The Bertz CT molecular complexity index is 1070. The van der Waals surface area contributed by atoms with E-state index >= 15 is 0 Å². The summed E-state index contributed by atoms with van der Waals surface area (Å²) >= 11 is 6.51. The highest BCUT2D eigenvalue weighted by Crippen LogP contribution is 2.32. The molecule has 0 aliphatic carbocycles. The summed E-state index contributed by atoms with van der Waals surface area (Å²) < 4.78 is 10.4. The maximum atomic E-state index is 12.5. The van der Waals surface area contributed by atoms with Crippen molar-refractivity contribution in [3.8, 4) is 0 Å². The molecule has 10 heteroatoms. The average molecular weight is 414 g/mol. The van der Waals surface area contributed by atoms with Gasteiger partial charge in [0.1, 0.15) is 15.6 Å². The van der Waals surface area contributed by atoms with Gasteiger partial charge in [-0.1, -0.05) is 30.0 Å². The molecule has 1 N–H and O–H groups in total. The minimum absolute atomic E-state index is 0.176. The van der Waals surface area contributed by atoms with Gasteiger partial charge in [0, 0.05) is 19.0 Å². The number of nitrogens with zero attached hydrogens (tertiary/aromatic N) is 3. The Kier molecular flexibility index (Phi) is 5.22. The van der Waals surface area contributed by atoms with Crippen LogP contribution >= 0.6 is 24.0 Å². The van der Waals surface area contributed by atoms with Crippen molar-refractivity contribution in [2.75, 3.05) is 11.9 Å². The molecule has 142 valence electrons. The number of fused-ring (bicyclic) bond motifs is 1. The maximum absolute atomic E-state index is 12.5. The number of benzene rings is 1. The molecule has 0 bridgehead atoms. The fourth-order valence-electron chi connectivity index (χ4n) is 2.71. The number of hydrogen-bond acceptors (Lipinski definition) is 8. The number of thiocarbonyl (C=S) groups is 1. The molecule has 1 aromatic carbocycles. The summed E-state index contributed by atoms with van der Waals surface area (Å²) in [4.78, 5) is 26.8. The van der Waals surface area contributed by atoms with Crippen molar-refractivity contribution < 1.29 is 18.6 Å². The van der Waals surface area contributed by atoms with Gasteiger partial charge in [-0.15, -0.1) is 0 Å². The zero-order valence-corrected chi connectivity index (χ0v) is 16.1. The normalized spacial score (nSPS) is 15.7. The van der Waals surface area contributed by atoms with E-state index in [0.29, 0.717) is 44.7 Å². The number of carbonyl (C=O) groups excluding carboxylic acids is 2. The number of anilines is 1. The Hall–Kier alpha value is -2.98. The second-order valence-corrected chi connectivity index (χ2v) is 7.61. The SMILES string of the molecule is O=C(CCCN1C(=O)/C(=C\c2ccco2)SC1=S)Nc1cccc2nonc12. The minimum atomic E-state index is -0.188. The first-order valence-electron chi connectivity index (χ1n) is 8.42. The van der Waals surface area contributed by atoms with Crippen LogP contribution in [0.3, 0.4) is 0 Å². The molecule has 0 atom stereocenters. The number of furan rings is 1. The van der Waals surface area contributed by atoms with Crippen molar-refractivity contribution in [2.45, 2.75) is 12.8 Å². The third-order valence-electron chi connectivity index (χ3n) is 4.04. The van der Waals surface area contributed by atoms with Crippen LogP contribution in [0.1, 0.15) is 18.6 Å². The van der Waals surface area contributed by atoms with Crippen LogP contribution in [0.25, 0.3) is 17.1 Å². The zero-order chi connectivity index (χ0) is 19.5. The van der Waals surface area contributed by atoms with Gasteiger partial charge < -0.3 is 9.73 Å². The molecule has 8 nitrogen and oxygen atoms in total. The van der Waals surface area contributed by atoms with E-state index in [-0.39, 0.29) is 18.2 Å². The van der Waals surface area contributed by atoms with Gasteiger partial charge in [0.2, 0.25) is 5.91 Å². The molecule has 0 unspecified atom stereocenters. The molecule has 28 heavy (non-hydrogen) atoms. The third-order valence-corrected chi connectivity index (χ3v) is 5.41. The molecule has 1 aliphatic rings. The Balaban J connectivity index is 1.32. The fourth-order valence-corrected chi connectivity index (χ4v) is 4.00. The highest BCUT2D eigenvalue weighted by Gasteiger charge is 2.31. The predicted molar refractivity (Wildman–Crippen MR) is 108 cm³/mol. The number of rotatable bonds is 6. The number of aromatic nitrogens is 2. The molecule has 0 saturated carbocycles. The smallest absolute Gasteiger partial charge is 0.266 e. The summed E-state index contributed by atoms with van der Waals surface area (Å²) in [6.45, 7) is 0.364. The van der Waals surface area contributed by atoms with E-state index in [1.165, 1.54) is 16.7 Å². The Morgan fingerprint density at radius 3 is 3.00 bits per heavy atom. The molecule has 1 fully saturated rings. The van der Waals surface area contributed by atoms with Gasteiger partial charge in [0.25, 0.3) is 5.91 Å². The molecule has 1 saturated heterocycles.